The van der Waals surface area contributed by atoms with Gasteiger partial charge in [-0.25, -0.2) is 4.90 Å². The highest BCUT2D eigenvalue weighted by atomic mass is 32.2. The molecule has 1 aliphatic rings. The van der Waals surface area contributed by atoms with Crippen molar-refractivity contribution in [3.8, 4) is 0 Å². The molecular weight excluding hydrogens is 290 g/mol. The molecule has 1 unspecified atom stereocenters. The minimum Gasteiger partial charge on any atom is -0.481 e. The van der Waals surface area contributed by atoms with Crippen LogP contribution in [0.5, 0.6) is 0 Å². The molecule has 1 saturated heterocycles. The molecule has 1 heterocycles. The van der Waals surface area contributed by atoms with Crippen molar-refractivity contribution in [2.45, 2.75) is 31.9 Å². The third-order valence-electron chi connectivity index (χ3n) is 3.40. The highest BCUT2D eigenvalue weighted by Crippen LogP contribution is 2.33. The van der Waals surface area contributed by atoms with Gasteiger partial charge in [0.15, 0.2) is 0 Å². The number of para-hydroxylation sites is 1. The summed E-state index contributed by atoms with van der Waals surface area (Å²) in [7, 11) is 0. The lowest BCUT2D eigenvalue weighted by Gasteiger charge is -2.19. The van der Waals surface area contributed by atoms with Crippen LogP contribution >= 0.6 is 11.8 Å². The molecule has 2 amide bonds. The molecular formula is C15H17NO4S. The first-order valence-electron chi connectivity index (χ1n) is 6.68. The van der Waals surface area contributed by atoms with Crippen LogP contribution in [0.15, 0.2) is 18.2 Å². The molecule has 1 aromatic rings. The average Bonchev–Trinajstić information content (AvgIpc) is 2.66. The third-order valence-corrected chi connectivity index (χ3v) is 4.61. The molecule has 1 atom stereocenters. The van der Waals surface area contributed by atoms with E-state index in [9.17, 15) is 14.4 Å². The Bertz CT molecular complexity index is 579. The topological polar surface area (TPSA) is 74.7 Å². The summed E-state index contributed by atoms with van der Waals surface area (Å²) in [6.07, 6.45) is 0.128. The second kappa shape index (κ2) is 6.30. The van der Waals surface area contributed by atoms with Crippen molar-refractivity contribution in [2.75, 3.05) is 10.7 Å². The van der Waals surface area contributed by atoms with Crippen molar-refractivity contribution in [3.63, 3.8) is 0 Å². The Morgan fingerprint density at radius 1 is 1.33 bits per heavy atom. The molecule has 0 aliphatic carbocycles. The number of carbonyl (C=O) groups excluding carboxylic acids is 2. The van der Waals surface area contributed by atoms with Gasteiger partial charge in [0.05, 0.1) is 17.4 Å². The second-order valence-corrected chi connectivity index (χ2v) is 6.33. The summed E-state index contributed by atoms with van der Waals surface area (Å²) in [4.78, 5) is 36.4. The molecule has 1 aliphatic heterocycles. The fourth-order valence-electron chi connectivity index (χ4n) is 2.42. The van der Waals surface area contributed by atoms with E-state index in [2.05, 4.69) is 0 Å². The highest BCUT2D eigenvalue weighted by Gasteiger charge is 2.40. The molecule has 0 radical (unpaired) electrons. The first-order valence-corrected chi connectivity index (χ1v) is 7.73. The van der Waals surface area contributed by atoms with Crippen molar-refractivity contribution in [1.29, 1.82) is 0 Å². The van der Waals surface area contributed by atoms with Crippen LogP contribution in [0.3, 0.4) is 0 Å². The SMILES string of the molecule is Cc1cccc(C)c1N1C(=O)CC(SCCC(=O)O)C1=O. The number of hydrogen-bond donors (Lipinski definition) is 1. The van der Waals surface area contributed by atoms with E-state index in [1.165, 1.54) is 16.7 Å². The van der Waals surface area contributed by atoms with Gasteiger partial charge in [-0.1, -0.05) is 18.2 Å². The lowest BCUT2D eigenvalue weighted by Crippen LogP contribution is -2.32. The number of thioether (sulfide) groups is 1. The molecule has 112 valence electrons. The lowest BCUT2D eigenvalue weighted by atomic mass is 10.1. The number of anilines is 1. The van der Waals surface area contributed by atoms with Crippen molar-refractivity contribution in [3.05, 3.63) is 29.3 Å². The Morgan fingerprint density at radius 3 is 2.52 bits per heavy atom. The Kier molecular flexibility index (Phi) is 4.67. The van der Waals surface area contributed by atoms with Gasteiger partial charge in [-0.2, -0.15) is 0 Å². The maximum atomic E-state index is 12.4. The number of aliphatic carboxylic acids is 1. The first-order chi connectivity index (χ1) is 9.91. The van der Waals surface area contributed by atoms with E-state index in [1.807, 2.05) is 32.0 Å². The first kappa shape index (κ1) is 15.6. The number of benzene rings is 1. The molecule has 21 heavy (non-hydrogen) atoms. The van der Waals surface area contributed by atoms with Crippen molar-refractivity contribution in [1.82, 2.24) is 0 Å². The zero-order chi connectivity index (χ0) is 15.6. The fourth-order valence-corrected chi connectivity index (χ4v) is 3.50. The summed E-state index contributed by atoms with van der Waals surface area (Å²) in [5.74, 6) is -1.02. The second-order valence-electron chi connectivity index (χ2n) is 5.02. The van der Waals surface area contributed by atoms with Crippen LogP contribution in [0.4, 0.5) is 5.69 Å². The lowest BCUT2D eigenvalue weighted by molar-refractivity contribution is -0.136. The summed E-state index contributed by atoms with van der Waals surface area (Å²) in [5, 5.41) is 8.16. The van der Waals surface area contributed by atoms with Crippen LogP contribution in [0.25, 0.3) is 0 Å². The van der Waals surface area contributed by atoms with E-state index in [0.29, 0.717) is 11.4 Å². The average molecular weight is 307 g/mol. The fraction of sp³-hybridized carbons (Fsp3) is 0.400. The van der Waals surface area contributed by atoms with Gasteiger partial charge in [0, 0.05) is 12.2 Å². The zero-order valence-electron chi connectivity index (χ0n) is 12.0. The largest absolute Gasteiger partial charge is 0.481 e. The van der Waals surface area contributed by atoms with Gasteiger partial charge in [0.2, 0.25) is 11.8 Å². The van der Waals surface area contributed by atoms with Gasteiger partial charge in [0.25, 0.3) is 0 Å². The number of carboxylic acid groups (broad SMARTS) is 1. The minimum atomic E-state index is -0.897. The quantitative estimate of drug-likeness (QED) is 0.844. The Hall–Kier alpha value is -1.82. The molecule has 0 saturated carbocycles. The number of amides is 2. The van der Waals surface area contributed by atoms with Crippen LogP contribution in [0.2, 0.25) is 0 Å². The highest BCUT2D eigenvalue weighted by molar-refractivity contribution is 8.00. The van der Waals surface area contributed by atoms with Gasteiger partial charge in [-0.3, -0.25) is 14.4 Å². The van der Waals surface area contributed by atoms with Crippen LogP contribution in [-0.2, 0) is 14.4 Å². The number of imide groups is 1. The smallest absolute Gasteiger partial charge is 0.304 e. The molecule has 5 nitrogen and oxygen atoms in total. The summed E-state index contributed by atoms with van der Waals surface area (Å²) < 4.78 is 0. The maximum Gasteiger partial charge on any atom is 0.304 e. The molecule has 1 aromatic carbocycles. The summed E-state index contributed by atoms with van der Waals surface area (Å²) in [6.45, 7) is 3.74. The number of carboxylic acids is 1. The van der Waals surface area contributed by atoms with E-state index in [1.54, 1.807) is 0 Å². The molecule has 0 bridgehead atoms. The van der Waals surface area contributed by atoms with Gasteiger partial charge in [-0.15, -0.1) is 11.8 Å². The Balaban J connectivity index is 2.17. The van der Waals surface area contributed by atoms with E-state index < -0.39 is 11.2 Å². The van der Waals surface area contributed by atoms with E-state index in [-0.39, 0.29) is 24.7 Å². The Morgan fingerprint density at radius 2 is 1.95 bits per heavy atom. The summed E-state index contributed by atoms with van der Waals surface area (Å²) in [5.41, 5.74) is 2.43. The molecule has 1 N–H and O–H groups in total. The molecule has 2 rings (SSSR count). The summed E-state index contributed by atoms with van der Waals surface area (Å²) in [6, 6.07) is 5.62. The van der Waals surface area contributed by atoms with Crippen LogP contribution in [0, 0.1) is 13.8 Å². The number of aryl methyl sites for hydroxylation is 2. The standard InChI is InChI=1S/C15H17NO4S/c1-9-4-3-5-10(2)14(9)16-12(17)8-11(15(16)20)21-7-6-13(18)19/h3-5,11H,6-8H2,1-2H3,(H,18,19). The van der Waals surface area contributed by atoms with Gasteiger partial charge >= 0.3 is 5.97 Å². The number of rotatable bonds is 5. The van der Waals surface area contributed by atoms with E-state index >= 15 is 0 Å². The predicted molar refractivity (Wildman–Crippen MR) is 81.5 cm³/mol. The summed E-state index contributed by atoms with van der Waals surface area (Å²) >= 11 is 1.24. The normalized spacial score (nSPS) is 18.4. The van der Waals surface area contributed by atoms with Crippen molar-refractivity contribution >= 4 is 35.2 Å². The van der Waals surface area contributed by atoms with Crippen LogP contribution < -0.4 is 4.90 Å². The monoisotopic (exact) mass is 307 g/mol. The van der Waals surface area contributed by atoms with Crippen LogP contribution in [0.1, 0.15) is 24.0 Å². The maximum absolute atomic E-state index is 12.4. The van der Waals surface area contributed by atoms with Crippen molar-refractivity contribution < 1.29 is 19.5 Å². The number of nitrogens with zero attached hydrogens (tertiary/aromatic N) is 1. The molecule has 1 fully saturated rings. The van der Waals surface area contributed by atoms with Crippen LogP contribution in [-0.4, -0.2) is 33.9 Å². The molecule has 0 aromatic heterocycles. The van der Waals surface area contributed by atoms with E-state index in [0.717, 1.165) is 11.1 Å². The van der Waals surface area contributed by atoms with E-state index in [4.69, 9.17) is 5.11 Å². The Labute approximate surface area is 127 Å². The van der Waals surface area contributed by atoms with Gasteiger partial charge in [0.1, 0.15) is 0 Å². The predicted octanol–water partition coefficient (Wildman–Crippen LogP) is 2.14. The number of hydrogen-bond acceptors (Lipinski definition) is 4. The third kappa shape index (κ3) is 3.26. The van der Waals surface area contributed by atoms with Crippen molar-refractivity contribution in [2.24, 2.45) is 0 Å². The van der Waals surface area contributed by atoms with Gasteiger partial charge in [-0.05, 0) is 25.0 Å². The number of carbonyl (C=O) groups is 3. The molecule has 6 heteroatoms. The molecule has 0 spiro atoms. The zero-order valence-corrected chi connectivity index (χ0v) is 12.8. The van der Waals surface area contributed by atoms with Gasteiger partial charge < -0.3 is 5.11 Å². The minimum absolute atomic E-state index is 0.00791.